The van der Waals surface area contributed by atoms with Gasteiger partial charge in [-0.05, 0) is 5.56 Å². The first kappa shape index (κ1) is 12.7. The van der Waals surface area contributed by atoms with Gasteiger partial charge in [-0.3, -0.25) is 4.79 Å². The van der Waals surface area contributed by atoms with Crippen molar-refractivity contribution in [3.63, 3.8) is 0 Å². The summed E-state index contributed by atoms with van der Waals surface area (Å²) in [5.41, 5.74) is 8.41. The quantitative estimate of drug-likeness (QED) is 0.856. The van der Waals surface area contributed by atoms with Crippen LogP contribution in [0.3, 0.4) is 0 Å². The molecule has 0 aliphatic heterocycles. The van der Waals surface area contributed by atoms with Crippen molar-refractivity contribution in [1.29, 1.82) is 0 Å². The van der Waals surface area contributed by atoms with Crippen molar-refractivity contribution in [3.8, 4) is 10.6 Å². The van der Waals surface area contributed by atoms with Gasteiger partial charge in [-0.15, -0.1) is 11.3 Å². The number of esters is 1. The standard InChI is InChI=1S/C13H14N2O2S/c1-17-12(16)6-11-8-18-13(15-11)10-4-2-9(7-14)3-5-10/h2-5,8H,6-7,14H2,1H3. The Hall–Kier alpha value is -1.72. The number of hydrogen-bond donors (Lipinski definition) is 1. The molecule has 2 rings (SSSR count). The van der Waals surface area contributed by atoms with Gasteiger partial charge in [0.1, 0.15) is 5.01 Å². The Balaban J connectivity index is 2.15. The Bertz CT molecular complexity index is 534. The molecule has 2 N–H and O–H groups in total. The molecule has 0 spiro atoms. The lowest BCUT2D eigenvalue weighted by molar-refractivity contribution is -0.139. The zero-order valence-corrected chi connectivity index (χ0v) is 10.9. The van der Waals surface area contributed by atoms with Crippen molar-refractivity contribution in [1.82, 2.24) is 4.98 Å². The molecule has 18 heavy (non-hydrogen) atoms. The van der Waals surface area contributed by atoms with Crippen LogP contribution in [0.25, 0.3) is 10.6 Å². The Labute approximate surface area is 109 Å². The maximum absolute atomic E-state index is 11.1. The summed E-state index contributed by atoms with van der Waals surface area (Å²) in [6.07, 6.45) is 0.216. The van der Waals surface area contributed by atoms with E-state index in [4.69, 9.17) is 5.73 Å². The highest BCUT2D eigenvalue weighted by Crippen LogP contribution is 2.24. The lowest BCUT2D eigenvalue weighted by atomic mass is 10.1. The number of nitrogens with zero attached hydrogens (tertiary/aromatic N) is 1. The average Bonchev–Trinajstić information content (AvgIpc) is 2.87. The summed E-state index contributed by atoms with van der Waals surface area (Å²) in [4.78, 5) is 15.5. The van der Waals surface area contributed by atoms with E-state index in [0.29, 0.717) is 6.54 Å². The highest BCUT2D eigenvalue weighted by Gasteiger charge is 2.08. The summed E-state index contributed by atoms with van der Waals surface area (Å²) in [7, 11) is 1.38. The van der Waals surface area contributed by atoms with Crippen LogP contribution in [0.4, 0.5) is 0 Å². The van der Waals surface area contributed by atoms with E-state index in [-0.39, 0.29) is 12.4 Å². The second-order valence-corrected chi connectivity index (χ2v) is 4.66. The summed E-state index contributed by atoms with van der Waals surface area (Å²) < 4.78 is 4.61. The number of methoxy groups -OCH3 is 1. The van der Waals surface area contributed by atoms with Crippen molar-refractivity contribution in [3.05, 3.63) is 40.9 Å². The van der Waals surface area contributed by atoms with Crippen LogP contribution < -0.4 is 5.73 Å². The highest BCUT2D eigenvalue weighted by molar-refractivity contribution is 7.13. The monoisotopic (exact) mass is 262 g/mol. The zero-order valence-electron chi connectivity index (χ0n) is 10.1. The topological polar surface area (TPSA) is 65.2 Å². The molecule has 0 radical (unpaired) electrons. The van der Waals surface area contributed by atoms with Gasteiger partial charge in [-0.2, -0.15) is 0 Å². The molecule has 0 amide bonds. The van der Waals surface area contributed by atoms with Gasteiger partial charge in [0, 0.05) is 17.5 Å². The van der Waals surface area contributed by atoms with E-state index in [9.17, 15) is 4.79 Å². The third kappa shape index (κ3) is 2.94. The average molecular weight is 262 g/mol. The van der Waals surface area contributed by atoms with E-state index in [2.05, 4.69) is 9.72 Å². The molecule has 94 valence electrons. The largest absolute Gasteiger partial charge is 0.469 e. The third-order valence-corrected chi connectivity index (χ3v) is 3.48. The maximum Gasteiger partial charge on any atom is 0.311 e. The number of aromatic nitrogens is 1. The number of hydrogen-bond acceptors (Lipinski definition) is 5. The second-order valence-electron chi connectivity index (χ2n) is 3.80. The van der Waals surface area contributed by atoms with Crippen molar-refractivity contribution >= 4 is 17.3 Å². The fraction of sp³-hybridized carbons (Fsp3) is 0.231. The highest BCUT2D eigenvalue weighted by atomic mass is 32.1. The molecule has 0 fully saturated rings. The van der Waals surface area contributed by atoms with Crippen LogP contribution in [0.5, 0.6) is 0 Å². The molecule has 0 aliphatic rings. The molecule has 0 bridgehead atoms. The van der Waals surface area contributed by atoms with Crippen LogP contribution in [-0.4, -0.2) is 18.1 Å². The fourth-order valence-corrected chi connectivity index (χ4v) is 2.35. The first-order valence-corrected chi connectivity index (χ1v) is 6.41. The van der Waals surface area contributed by atoms with Crippen LogP contribution in [0.1, 0.15) is 11.3 Å². The Kier molecular flexibility index (Phi) is 4.07. The lowest BCUT2D eigenvalue weighted by Crippen LogP contribution is -2.04. The molecule has 0 unspecified atom stereocenters. The molecule has 0 saturated carbocycles. The van der Waals surface area contributed by atoms with Gasteiger partial charge in [0.05, 0.1) is 19.2 Å². The smallest absolute Gasteiger partial charge is 0.311 e. The van der Waals surface area contributed by atoms with Gasteiger partial charge in [0.25, 0.3) is 0 Å². The van der Waals surface area contributed by atoms with Crippen molar-refractivity contribution in [2.24, 2.45) is 5.73 Å². The normalized spacial score (nSPS) is 10.3. The number of rotatable bonds is 4. The summed E-state index contributed by atoms with van der Waals surface area (Å²) in [5.74, 6) is -0.273. The molecule has 1 aromatic heterocycles. The molecule has 0 saturated heterocycles. The van der Waals surface area contributed by atoms with E-state index in [0.717, 1.165) is 21.8 Å². The van der Waals surface area contributed by atoms with Gasteiger partial charge in [0.2, 0.25) is 0 Å². The van der Waals surface area contributed by atoms with Gasteiger partial charge in [0.15, 0.2) is 0 Å². The summed E-state index contributed by atoms with van der Waals surface area (Å²) >= 11 is 1.52. The third-order valence-electron chi connectivity index (χ3n) is 2.54. The van der Waals surface area contributed by atoms with Crippen molar-refractivity contribution in [2.45, 2.75) is 13.0 Å². The lowest BCUT2D eigenvalue weighted by Gasteiger charge is -1.99. The second kappa shape index (κ2) is 5.75. The van der Waals surface area contributed by atoms with E-state index in [1.807, 2.05) is 29.6 Å². The molecule has 4 nitrogen and oxygen atoms in total. The van der Waals surface area contributed by atoms with Gasteiger partial charge < -0.3 is 10.5 Å². The summed E-state index contributed by atoms with van der Waals surface area (Å²) in [6.45, 7) is 0.533. The Morgan fingerprint density at radius 1 is 1.39 bits per heavy atom. The van der Waals surface area contributed by atoms with Crippen LogP contribution in [0.2, 0.25) is 0 Å². The van der Waals surface area contributed by atoms with Gasteiger partial charge in [-0.25, -0.2) is 4.98 Å². The van der Waals surface area contributed by atoms with Crippen molar-refractivity contribution < 1.29 is 9.53 Å². The minimum atomic E-state index is -0.273. The summed E-state index contributed by atoms with van der Waals surface area (Å²) in [5, 5.41) is 2.78. The van der Waals surface area contributed by atoms with Crippen LogP contribution >= 0.6 is 11.3 Å². The van der Waals surface area contributed by atoms with Gasteiger partial charge in [-0.1, -0.05) is 24.3 Å². The molecule has 1 heterocycles. The number of carbonyl (C=O) groups is 1. The molecule has 1 aromatic carbocycles. The van der Waals surface area contributed by atoms with E-state index >= 15 is 0 Å². The Morgan fingerprint density at radius 3 is 2.72 bits per heavy atom. The molecule has 0 atom stereocenters. The predicted molar refractivity (Wildman–Crippen MR) is 71.2 cm³/mol. The minimum Gasteiger partial charge on any atom is -0.469 e. The number of carbonyl (C=O) groups excluding carboxylic acids is 1. The molecular formula is C13H14N2O2S. The minimum absolute atomic E-state index is 0.216. The van der Waals surface area contributed by atoms with Gasteiger partial charge >= 0.3 is 5.97 Å². The zero-order chi connectivity index (χ0) is 13.0. The molecule has 5 heteroatoms. The first-order chi connectivity index (χ1) is 8.72. The number of benzene rings is 1. The molecule has 2 aromatic rings. The van der Waals surface area contributed by atoms with E-state index in [1.165, 1.54) is 18.4 Å². The number of nitrogens with two attached hydrogens (primary N) is 1. The summed E-state index contributed by atoms with van der Waals surface area (Å²) in [6, 6.07) is 7.94. The van der Waals surface area contributed by atoms with Crippen LogP contribution in [0, 0.1) is 0 Å². The Morgan fingerprint density at radius 2 is 2.11 bits per heavy atom. The molecule has 0 aliphatic carbocycles. The SMILES string of the molecule is COC(=O)Cc1csc(-c2ccc(CN)cc2)n1. The molecular weight excluding hydrogens is 248 g/mol. The van der Waals surface area contributed by atoms with Crippen molar-refractivity contribution in [2.75, 3.05) is 7.11 Å². The predicted octanol–water partition coefficient (Wildman–Crippen LogP) is 1.98. The van der Waals surface area contributed by atoms with Crippen LogP contribution in [-0.2, 0) is 22.5 Å². The van der Waals surface area contributed by atoms with E-state index in [1.54, 1.807) is 0 Å². The maximum atomic E-state index is 11.1. The fourth-order valence-electron chi connectivity index (χ4n) is 1.52. The number of thiazole rings is 1. The van der Waals surface area contributed by atoms with E-state index < -0.39 is 0 Å². The number of ether oxygens (including phenoxy) is 1. The first-order valence-electron chi connectivity index (χ1n) is 5.53. The van der Waals surface area contributed by atoms with Crippen LogP contribution in [0.15, 0.2) is 29.6 Å².